The van der Waals surface area contributed by atoms with Crippen LogP contribution in [0, 0.1) is 0 Å². The molecule has 1 aromatic rings. The highest BCUT2D eigenvalue weighted by molar-refractivity contribution is 7.88. The number of hydrogen-bond donors (Lipinski definition) is 2. The Morgan fingerprint density at radius 2 is 2.16 bits per heavy atom. The minimum atomic E-state index is -3.33. The molecule has 0 amide bonds. The first-order chi connectivity index (χ1) is 9.07. The Labute approximate surface area is 114 Å². The first kappa shape index (κ1) is 14.3. The normalized spacial score (nSPS) is 19.7. The molecule has 19 heavy (non-hydrogen) atoms. The molecule has 0 bridgehead atoms. The van der Waals surface area contributed by atoms with E-state index >= 15 is 0 Å². The molecule has 0 saturated carbocycles. The van der Waals surface area contributed by atoms with Crippen molar-refractivity contribution >= 4 is 15.7 Å². The topological polar surface area (TPSA) is 81.4 Å². The number of benzene rings is 1. The second-order valence-electron chi connectivity index (χ2n) is 4.78. The number of nitrogens with two attached hydrogens (primary N) is 1. The SMILES string of the molecule is Nc1ccccc1CS(=O)(=O)NCCC1CCCO1. The molecule has 106 valence electrons. The van der Waals surface area contributed by atoms with Crippen molar-refractivity contribution in [3.8, 4) is 0 Å². The van der Waals surface area contributed by atoms with Crippen molar-refractivity contribution in [3.63, 3.8) is 0 Å². The minimum Gasteiger partial charge on any atom is -0.398 e. The van der Waals surface area contributed by atoms with Crippen LogP contribution < -0.4 is 10.5 Å². The van der Waals surface area contributed by atoms with Gasteiger partial charge in [-0.2, -0.15) is 0 Å². The fraction of sp³-hybridized carbons (Fsp3) is 0.538. The van der Waals surface area contributed by atoms with Gasteiger partial charge in [0.2, 0.25) is 10.0 Å². The van der Waals surface area contributed by atoms with Gasteiger partial charge in [0.15, 0.2) is 0 Å². The van der Waals surface area contributed by atoms with E-state index in [1.807, 2.05) is 0 Å². The van der Waals surface area contributed by atoms with Crippen molar-refractivity contribution in [1.29, 1.82) is 0 Å². The molecule has 1 unspecified atom stereocenters. The average Bonchev–Trinajstić information content (AvgIpc) is 2.85. The van der Waals surface area contributed by atoms with E-state index in [1.165, 1.54) is 0 Å². The summed E-state index contributed by atoms with van der Waals surface area (Å²) in [5.74, 6) is -0.0782. The van der Waals surface area contributed by atoms with Crippen molar-refractivity contribution < 1.29 is 13.2 Å². The van der Waals surface area contributed by atoms with Gasteiger partial charge in [0.1, 0.15) is 0 Å². The predicted octanol–water partition coefficient (Wildman–Crippen LogP) is 1.26. The van der Waals surface area contributed by atoms with Crippen molar-refractivity contribution in [2.45, 2.75) is 31.1 Å². The largest absolute Gasteiger partial charge is 0.398 e. The van der Waals surface area contributed by atoms with E-state index < -0.39 is 10.0 Å². The van der Waals surface area contributed by atoms with E-state index in [-0.39, 0.29) is 11.9 Å². The van der Waals surface area contributed by atoms with Gasteiger partial charge in [-0.05, 0) is 30.9 Å². The van der Waals surface area contributed by atoms with Gasteiger partial charge in [0.25, 0.3) is 0 Å². The highest BCUT2D eigenvalue weighted by Crippen LogP contribution is 2.16. The smallest absolute Gasteiger partial charge is 0.215 e. The van der Waals surface area contributed by atoms with Crippen molar-refractivity contribution in [2.75, 3.05) is 18.9 Å². The molecule has 0 aliphatic carbocycles. The lowest BCUT2D eigenvalue weighted by molar-refractivity contribution is 0.105. The van der Waals surface area contributed by atoms with E-state index in [4.69, 9.17) is 10.5 Å². The van der Waals surface area contributed by atoms with Crippen LogP contribution in [0.25, 0.3) is 0 Å². The minimum absolute atomic E-state index is 0.0782. The number of sulfonamides is 1. The van der Waals surface area contributed by atoms with Gasteiger partial charge in [0.05, 0.1) is 11.9 Å². The number of nitrogen functional groups attached to an aromatic ring is 1. The molecule has 5 nitrogen and oxygen atoms in total. The highest BCUT2D eigenvalue weighted by atomic mass is 32.2. The van der Waals surface area contributed by atoms with E-state index in [1.54, 1.807) is 24.3 Å². The zero-order chi connectivity index (χ0) is 13.7. The molecule has 1 fully saturated rings. The Balaban J connectivity index is 1.83. The first-order valence-electron chi connectivity index (χ1n) is 6.49. The van der Waals surface area contributed by atoms with Crippen LogP contribution in [0.3, 0.4) is 0 Å². The molecule has 1 saturated heterocycles. The third-order valence-corrected chi connectivity index (χ3v) is 4.55. The Kier molecular flexibility index (Phi) is 4.79. The van der Waals surface area contributed by atoms with Gasteiger partial charge in [-0.15, -0.1) is 0 Å². The van der Waals surface area contributed by atoms with Crippen molar-refractivity contribution in [3.05, 3.63) is 29.8 Å². The maximum atomic E-state index is 11.9. The second kappa shape index (κ2) is 6.36. The summed E-state index contributed by atoms with van der Waals surface area (Å²) >= 11 is 0. The Hall–Kier alpha value is -1.11. The molecule has 0 radical (unpaired) electrons. The summed E-state index contributed by atoms with van der Waals surface area (Å²) in [6, 6.07) is 7.01. The Morgan fingerprint density at radius 1 is 1.37 bits per heavy atom. The summed E-state index contributed by atoms with van der Waals surface area (Å²) in [5, 5.41) is 0. The average molecular weight is 284 g/mol. The van der Waals surface area contributed by atoms with E-state index in [9.17, 15) is 8.42 Å². The number of ether oxygens (including phenoxy) is 1. The van der Waals surface area contributed by atoms with Crippen molar-refractivity contribution in [2.24, 2.45) is 0 Å². The summed E-state index contributed by atoms with van der Waals surface area (Å²) < 4.78 is 31.9. The molecule has 1 aliphatic rings. The fourth-order valence-corrected chi connectivity index (χ4v) is 3.37. The zero-order valence-corrected chi connectivity index (χ0v) is 11.7. The van der Waals surface area contributed by atoms with Crippen LogP contribution in [0.15, 0.2) is 24.3 Å². The number of anilines is 1. The summed E-state index contributed by atoms with van der Waals surface area (Å²) in [6.07, 6.45) is 3.01. The van der Waals surface area contributed by atoms with Crippen LogP contribution >= 0.6 is 0 Å². The maximum absolute atomic E-state index is 11.9. The van der Waals surface area contributed by atoms with Gasteiger partial charge in [-0.1, -0.05) is 18.2 Å². The van der Waals surface area contributed by atoms with Crippen LogP contribution in [0.2, 0.25) is 0 Å². The van der Waals surface area contributed by atoms with Gasteiger partial charge < -0.3 is 10.5 Å². The quantitative estimate of drug-likeness (QED) is 0.771. The van der Waals surface area contributed by atoms with Crippen LogP contribution in [0.4, 0.5) is 5.69 Å². The Bertz CT molecular complexity index is 510. The van der Waals surface area contributed by atoms with E-state index in [0.29, 0.717) is 17.8 Å². The molecular formula is C13H20N2O3S. The van der Waals surface area contributed by atoms with Crippen LogP contribution in [-0.2, 0) is 20.5 Å². The summed E-state index contributed by atoms with van der Waals surface area (Å²) in [6.45, 7) is 1.21. The van der Waals surface area contributed by atoms with Gasteiger partial charge in [0, 0.05) is 18.8 Å². The summed E-state index contributed by atoms with van der Waals surface area (Å²) in [4.78, 5) is 0. The lowest BCUT2D eigenvalue weighted by Gasteiger charge is -2.11. The number of hydrogen-bond acceptors (Lipinski definition) is 4. The van der Waals surface area contributed by atoms with Crippen LogP contribution in [0.1, 0.15) is 24.8 Å². The number of nitrogens with one attached hydrogen (secondary N) is 1. The molecule has 1 aliphatic heterocycles. The molecule has 2 rings (SSSR count). The molecule has 1 atom stereocenters. The number of para-hydroxylation sites is 1. The van der Waals surface area contributed by atoms with E-state index in [0.717, 1.165) is 25.9 Å². The second-order valence-corrected chi connectivity index (χ2v) is 6.58. The molecular weight excluding hydrogens is 264 g/mol. The van der Waals surface area contributed by atoms with Crippen LogP contribution in [0.5, 0.6) is 0 Å². The molecule has 1 aromatic carbocycles. The third kappa shape index (κ3) is 4.49. The molecule has 6 heteroatoms. The zero-order valence-electron chi connectivity index (χ0n) is 10.8. The molecule has 3 N–H and O–H groups in total. The van der Waals surface area contributed by atoms with Gasteiger partial charge in [-0.25, -0.2) is 13.1 Å². The Morgan fingerprint density at radius 3 is 2.84 bits per heavy atom. The predicted molar refractivity (Wildman–Crippen MR) is 75.1 cm³/mol. The standard InChI is InChI=1S/C13H20N2O3S/c14-13-6-2-1-4-11(13)10-19(16,17)15-8-7-12-5-3-9-18-12/h1-2,4,6,12,15H,3,5,7-10,14H2. The first-order valence-corrected chi connectivity index (χ1v) is 8.14. The molecule has 0 aromatic heterocycles. The van der Waals surface area contributed by atoms with E-state index in [2.05, 4.69) is 4.72 Å². The van der Waals surface area contributed by atoms with Crippen LogP contribution in [-0.4, -0.2) is 27.7 Å². The van der Waals surface area contributed by atoms with Gasteiger partial charge in [-0.3, -0.25) is 0 Å². The monoisotopic (exact) mass is 284 g/mol. The maximum Gasteiger partial charge on any atom is 0.215 e. The third-order valence-electron chi connectivity index (χ3n) is 3.21. The summed E-state index contributed by atoms with van der Waals surface area (Å²) in [7, 11) is -3.33. The van der Waals surface area contributed by atoms with Gasteiger partial charge >= 0.3 is 0 Å². The number of rotatable bonds is 6. The van der Waals surface area contributed by atoms with Crippen molar-refractivity contribution in [1.82, 2.24) is 4.72 Å². The fourth-order valence-electron chi connectivity index (χ4n) is 2.17. The summed E-state index contributed by atoms with van der Waals surface area (Å²) in [5.41, 5.74) is 6.88. The molecule has 0 spiro atoms. The highest BCUT2D eigenvalue weighted by Gasteiger charge is 2.17. The lowest BCUT2D eigenvalue weighted by atomic mass is 10.2. The molecule has 1 heterocycles. The lowest BCUT2D eigenvalue weighted by Crippen LogP contribution is -2.28.